The molecule has 1 aromatic heterocycles. The first-order valence-electron chi connectivity index (χ1n) is 7.06. The maximum atomic E-state index is 10.6. The zero-order chi connectivity index (χ0) is 13.0. The molecule has 0 saturated heterocycles. The second kappa shape index (κ2) is 4.19. The average molecular weight is 270 g/mol. The molecule has 0 spiro atoms. The fourth-order valence-corrected chi connectivity index (χ4v) is 4.62. The Morgan fingerprint density at radius 1 is 1.32 bits per heavy atom. The monoisotopic (exact) mass is 270 g/mol. The average Bonchev–Trinajstić information content (AvgIpc) is 3.03. The van der Waals surface area contributed by atoms with Crippen LogP contribution < -0.4 is 0 Å². The highest BCUT2D eigenvalue weighted by atomic mass is 32.1. The molecule has 19 heavy (non-hydrogen) atoms. The van der Waals surface area contributed by atoms with Gasteiger partial charge < -0.3 is 5.11 Å². The maximum Gasteiger partial charge on any atom is 0.0835 e. The van der Waals surface area contributed by atoms with Crippen LogP contribution in [0.15, 0.2) is 35.7 Å². The first kappa shape index (κ1) is 11.7. The van der Waals surface area contributed by atoms with E-state index in [0.717, 1.165) is 5.56 Å². The van der Waals surface area contributed by atoms with E-state index in [9.17, 15) is 5.11 Å². The minimum Gasteiger partial charge on any atom is -0.388 e. The Labute approximate surface area is 117 Å². The second-order valence-electron chi connectivity index (χ2n) is 5.94. The smallest absolute Gasteiger partial charge is 0.0835 e. The standard InChI is InChI=1S/C17H18OS/c1-10-8-12(9-19-10)17(18)16-14-7-6-11-4-2-3-5-13(11)15(14)16/h2-5,8-9,14-18H,6-7H2,1H3. The largest absolute Gasteiger partial charge is 0.388 e. The van der Waals surface area contributed by atoms with Crippen molar-refractivity contribution in [2.45, 2.75) is 31.8 Å². The zero-order valence-corrected chi connectivity index (χ0v) is 11.9. The van der Waals surface area contributed by atoms with Gasteiger partial charge in [0.1, 0.15) is 0 Å². The molecule has 2 aromatic rings. The van der Waals surface area contributed by atoms with E-state index in [1.165, 1.54) is 28.8 Å². The van der Waals surface area contributed by atoms with Crippen LogP contribution in [0.1, 0.15) is 40.0 Å². The summed E-state index contributed by atoms with van der Waals surface area (Å²) in [5, 5.41) is 12.8. The van der Waals surface area contributed by atoms with E-state index in [4.69, 9.17) is 0 Å². The summed E-state index contributed by atoms with van der Waals surface area (Å²) in [6.45, 7) is 2.11. The molecular formula is C17H18OS. The Kier molecular flexibility index (Phi) is 2.58. The summed E-state index contributed by atoms with van der Waals surface area (Å²) in [5.41, 5.74) is 4.12. The molecule has 4 unspecified atom stereocenters. The highest BCUT2D eigenvalue weighted by Gasteiger charge is 2.56. The van der Waals surface area contributed by atoms with Gasteiger partial charge in [-0.1, -0.05) is 24.3 Å². The number of aryl methyl sites for hydroxylation is 2. The lowest BCUT2D eigenvalue weighted by Gasteiger charge is -2.13. The molecule has 1 N–H and O–H groups in total. The first-order valence-corrected chi connectivity index (χ1v) is 7.94. The summed E-state index contributed by atoms with van der Waals surface area (Å²) in [4.78, 5) is 1.29. The van der Waals surface area contributed by atoms with Crippen LogP contribution in [0.3, 0.4) is 0 Å². The SMILES string of the molecule is Cc1cc(C(O)C2C3CCc4ccccc4C32)cs1. The van der Waals surface area contributed by atoms with Crippen LogP contribution in [0.4, 0.5) is 0 Å². The first-order chi connectivity index (χ1) is 9.25. The highest BCUT2D eigenvalue weighted by molar-refractivity contribution is 7.10. The van der Waals surface area contributed by atoms with E-state index in [0.29, 0.717) is 17.8 Å². The van der Waals surface area contributed by atoms with E-state index in [-0.39, 0.29) is 6.10 Å². The Morgan fingerprint density at radius 3 is 2.95 bits per heavy atom. The van der Waals surface area contributed by atoms with E-state index < -0.39 is 0 Å². The quantitative estimate of drug-likeness (QED) is 0.872. The van der Waals surface area contributed by atoms with Gasteiger partial charge in [0.05, 0.1) is 6.10 Å². The summed E-state index contributed by atoms with van der Waals surface area (Å²) in [7, 11) is 0. The van der Waals surface area contributed by atoms with Gasteiger partial charge in [-0.15, -0.1) is 11.3 Å². The number of aliphatic hydroxyl groups excluding tert-OH is 1. The fourth-order valence-electron chi connectivity index (χ4n) is 3.89. The van der Waals surface area contributed by atoms with Gasteiger partial charge in [0, 0.05) is 4.88 Å². The Morgan fingerprint density at radius 2 is 2.16 bits per heavy atom. The molecule has 2 aliphatic carbocycles. The number of hydrogen-bond acceptors (Lipinski definition) is 2. The predicted molar refractivity (Wildman–Crippen MR) is 78.5 cm³/mol. The molecule has 1 saturated carbocycles. The van der Waals surface area contributed by atoms with Crippen molar-refractivity contribution in [3.05, 3.63) is 57.3 Å². The number of benzene rings is 1. The molecule has 0 amide bonds. The van der Waals surface area contributed by atoms with Gasteiger partial charge in [0.25, 0.3) is 0 Å². The van der Waals surface area contributed by atoms with Gasteiger partial charge in [0.15, 0.2) is 0 Å². The normalized spacial score (nSPS) is 29.5. The third-order valence-corrected chi connectivity index (χ3v) is 5.73. The molecule has 1 aromatic carbocycles. The van der Waals surface area contributed by atoms with Crippen LogP contribution in [0.5, 0.6) is 0 Å². The molecule has 1 nitrogen and oxygen atoms in total. The minimum atomic E-state index is -0.272. The lowest BCUT2D eigenvalue weighted by Crippen LogP contribution is -2.00. The van der Waals surface area contributed by atoms with Crippen molar-refractivity contribution in [2.75, 3.05) is 0 Å². The molecule has 0 bridgehead atoms. The predicted octanol–water partition coefficient (Wildman–Crippen LogP) is 4.07. The van der Waals surface area contributed by atoms with Crippen LogP contribution in [0, 0.1) is 18.8 Å². The van der Waals surface area contributed by atoms with Crippen molar-refractivity contribution in [2.24, 2.45) is 11.8 Å². The van der Waals surface area contributed by atoms with Gasteiger partial charge in [-0.05, 0) is 65.7 Å². The summed E-state index contributed by atoms with van der Waals surface area (Å²) in [5.74, 6) is 1.74. The molecule has 4 atom stereocenters. The number of hydrogen-bond donors (Lipinski definition) is 1. The third kappa shape index (κ3) is 1.78. The molecule has 2 aliphatic rings. The van der Waals surface area contributed by atoms with Crippen LogP contribution >= 0.6 is 11.3 Å². The van der Waals surface area contributed by atoms with Crippen LogP contribution in [-0.4, -0.2) is 5.11 Å². The molecule has 1 heterocycles. The molecule has 2 heteroatoms. The third-order valence-electron chi connectivity index (χ3n) is 4.85. The molecule has 98 valence electrons. The van der Waals surface area contributed by atoms with Crippen molar-refractivity contribution in [1.82, 2.24) is 0 Å². The van der Waals surface area contributed by atoms with Gasteiger partial charge in [-0.3, -0.25) is 0 Å². The Bertz CT molecular complexity index is 615. The van der Waals surface area contributed by atoms with Crippen molar-refractivity contribution < 1.29 is 5.11 Å². The van der Waals surface area contributed by atoms with Crippen molar-refractivity contribution in [1.29, 1.82) is 0 Å². The summed E-state index contributed by atoms with van der Waals surface area (Å²) < 4.78 is 0. The van der Waals surface area contributed by atoms with Gasteiger partial charge in [-0.2, -0.15) is 0 Å². The van der Waals surface area contributed by atoms with Gasteiger partial charge >= 0.3 is 0 Å². The van der Waals surface area contributed by atoms with E-state index >= 15 is 0 Å². The number of fused-ring (bicyclic) bond motifs is 3. The number of aliphatic hydroxyl groups is 1. The summed E-state index contributed by atoms with van der Waals surface area (Å²) in [6, 6.07) is 10.9. The van der Waals surface area contributed by atoms with Crippen molar-refractivity contribution in [3.8, 4) is 0 Å². The lowest BCUT2D eigenvalue weighted by atomic mass is 9.92. The van der Waals surface area contributed by atoms with Gasteiger partial charge in [-0.25, -0.2) is 0 Å². The van der Waals surface area contributed by atoms with E-state index in [1.54, 1.807) is 11.3 Å². The van der Waals surface area contributed by atoms with E-state index in [2.05, 4.69) is 42.6 Å². The molecule has 1 fully saturated rings. The van der Waals surface area contributed by atoms with Crippen LogP contribution in [0.25, 0.3) is 0 Å². The number of thiophene rings is 1. The zero-order valence-electron chi connectivity index (χ0n) is 11.0. The summed E-state index contributed by atoms with van der Waals surface area (Å²) in [6.07, 6.45) is 2.15. The van der Waals surface area contributed by atoms with Crippen molar-refractivity contribution in [3.63, 3.8) is 0 Å². The minimum absolute atomic E-state index is 0.272. The second-order valence-corrected chi connectivity index (χ2v) is 7.06. The molecular weight excluding hydrogens is 252 g/mol. The van der Waals surface area contributed by atoms with Gasteiger partial charge in [0.2, 0.25) is 0 Å². The molecule has 0 aliphatic heterocycles. The van der Waals surface area contributed by atoms with Crippen molar-refractivity contribution >= 4 is 11.3 Å². The Balaban J connectivity index is 1.63. The topological polar surface area (TPSA) is 20.2 Å². The maximum absolute atomic E-state index is 10.6. The van der Waals surface area contributed by atoms with E-state index in [1.807, 2.05) is 0 Å². The molecule has 4 rings (SSSR count). The Hall–Kier alpha value is -1.12. The number of rotatable bonds is 2. The summed E-state index contributed by atoms with van der Waals surface area (Å²) >= 11 is 1.74. The molecule has 0 radical (unpaired) electrons. The van der Waals surface area contributed by atoms with Crippen LogP contribution in [-0.2, 0) is 6.42 Å². The highest BCUT2D eigenvalue weighted by Crippen LogP contribution is 2.64. The van der Waals surface area contributed by atoms with Crippen LogP contribution in [0.2, 0.25) is 0 Å². The fraction of sp³-hybridized carbons (Fsp3) is 0.412. The lowest BCUT2D eigenvalue weighted by molar-refractivity contribution is 0.145.